The Labute approximate surface area is 112 Å². The first-order valence-electron chi connectivity index (χ1n) is 5.78. The van der Waals surface area contributed by atoms with Crippen LogP contribution in [0.2, 0.25) is 5.02 Å². The monoisotopic (exact) mass is 290 g/mol. The maximum Gasteiger partial charge on any atom is 0.232 e. The number of pyridine rings is 1. The van der Waals surface area contributed by atoms with Gasteiger partial charge in [0.15, 0.2) is 0 Å². The van der Waals surface area contributed by atoms with E-state index in [9.17, 15) is 8.42 Å². The van der Waals surface area contributed by atoms with Crippen molar-refractivity contribution in [1.82, 2.24) is 9.29 Å². The van der Waals surface area contributed by atoms with E-state index in [-0.39, 0.29) is 11.9 Å². The molecule has 0 aliphatic carbocycles. The molecule has 0 atom stereocenters. The fraction of sp³-hybridized carbons (Fsp3) is 0.545. The van der Waals surface area contributed by atoms with Crippen molar-refractivity contribution in [3.63, 3.8) is 0 Å². The quantitative estimate of drug-likeness (QED) is 0.825. The van der Waals surface area contributed by atoms with Crippen LogP contribution < -0.4 is 4.74 Å². The van der Waals surface area contributed by atoms with E-state index >= 15 is 0 Å². The molecule has 1 saturated heterocycles. The van der Waals surface area contributed by atoms with Crippen molar-refractivity contribution in [2.24, 2.45) is 0 Å². The van der Waals surface area contributed by atoms with Gasteiger partial charge in [-0.1, -0.05) is 18.5 Å². The van der Waals surface area contributed by atoms with Crippen LogP contribution in [0.4, 0.5) is 0 Å². The number of hydrogen-bond donors (Lipinski definition) is 0. The summed E-state index contributed by atoms with van der Waals surface area (Å²) < 4.78 is 30.4. The zero-order valence-corrected chi connectivity index (χ0v) is 11.6. The van der Waals surface area contributed by atoms with Gasteiger partial charge in [-0.05, 0) is 18.6 Å². The average Bonchev–Trinajstić information content (AvgIpc) is 2.24. The molecule has 0 unspecified atom stereocenters. The zero-order valence-electron chi connectivity index (χ0n) is 10.0. The Morgan fingerprint density at radius 2 is 2.28 bits per heavy atom. The van der Waals surface area contributed by atoms with Gasteiger partial charge < -0.3 is 4.74 Å². The van der Waals surface area contributed by atoms with E-state index in [1.807, 2.05) is 6.92 Å². The van der Waals surface area contributed by atoms with Crippen LogP contribution >= 0.6 is 11.6 Å². The molecule has 0 spiro atoms. The normalized spacial score (nSPS) is 17.4. The van der Waals surface area contributed by atoms with E-state index in [2.05, 4.69) is 4.98 Å². The first-order chi connectivity index (χ1) is 8.53. The zero-order chi connectivity index (χ0) is 13.2. The lowest BCUT2D eigenvalue weighted by molar-refractivity contribution is 0.0722. The van der Waals surface area contributed by atoms with Crippen molar-refractivity contribution in [3.8, 4) is 5.88 Å². The summed E-state index contributed by atoms with van der Waals surface area (Å²) >= 11 is 5.91. The molecule has 0 radical (unpaired) electrons. The lowest BCUT2D eigenvalue weighted by Gasteiger charge is -2.37. The summed E-state index contributed by atoms with van der Waals surface area (Å²) in [6.45, 7) is 2.59. The number of rotatable bonds is 5. The summed E-state index contributed by atoms with van der Waals surface area (Å²) in [7, 11) is -3.11. The molecule has 0 bridgehead atoms. The van der Waals surface area contributed by atoms with Gasteiger partial charge in [0, 0.05) is 6.20 Å². The molecule has 5 nitrogen and oxygen atoms in total. The van der Waals surface area contributed by atoms with Gasteiger partial charge in [0.2, 0.25) is 15.9 Å². The second kappa shape index (κ2) is 5.42. The Balaban J connectivity index is 1.89. The smallest absolute Gasteiger partial charge is 0.232 e. The van der Waals surface area contributed by atoms with Crippen LogP contribution in [0.5, 0.6) is 5.88 Å². The summed E-state index contributed by atoms with van der Waals surface area (Å²) in [6.07, 6.45) is 2.05. The molecule has 0 amide bonds. The molecule has 2 heterocycles. The lowest BCUT2D eigenvalue weighted by atomic mass is 10.2. The number of ether oxygens (including phenoxy) is 1. The van der Waals surface area contributed by atoms with Crippen LogP contribution in [-0.4, -0.2) is 42.7 Å². The number of halogens is 1. The maximum atomic E-state index is 11.7. The van der Waals surface area contributed by atoms with Crippen LogP contribution in [-0.2, 0) is 10.0 Å². The Hall–Kier alpha value is -0.850. The number of aromatic nitrogens is 1. The van der Waals surface area contributed by atoms with Gasteiger partial charge in [0.05, 0.1) is 18.8 Å². The van der Waals surface area contributed by atoms with Crippen molar-refractivity contribution in [2.45, 2.75) is 19.4 Å². The summed E-state index contributed by atoms with van der Waals surface area (Å²) in [6, 6.07) is 3.40. The van der Waals surface area contributed by atoms with Gasteiger partial charge in [0.1, 0.15) is 11.1 Å². The first kappa shape index (κ1) is 13.6. The Kier molecular flexibility index (Phi) is 4.09. The van der Waals surface area contributed by atoms with Crippen LogP contribution in [0.3, 0.4) is 0 Å². The minimum atomic E-state index is -3.11. The first-order valence-corrected chi connectivity index (χ1v) is 7.76. The van der Waals surface area contributed by atoms with E-state index in [0.717, 1.165) is 0 Å². The molecule has 0 N–H and O–H groups in total. The van der Waals surface area contributed by atoms with Crippen molar-refractivity contribution >= 4 is 21.6 Å². The van der Waals surface area contributed by atoms with Crippen molar-refractivity contribution in [1.29, 1.82) is 0 Å². The molecule has 1 aliphatic rings. The molecule has 1 aromatic rings. The Bertz CT molecular complexity index is 515. The molecule has 7 heteroatoms. The highest BCUT2D eigenvalue weighted by Gasteiger charge is 2.37. The SMILES string of the molecule is CCCS(=O)(=O)N1CC(Oc2ncccc2Cl)C1. The summed E-state index contributed by atoms with van der Waals surface area (Å²) in [5.41, 5.74) is 0. The average molecular weight is 291 g/mol. The number of hydrogen-bond acceptors (Lipinski definition) is 4. The third-order valence-electron chi connectivity index (χ3n) is 2.67. The highest BCUT2D eigenvalue weighted by atomic mass is 35.5. The van der Waals surface area contributed by atoms with Crippen LogP contribution in [0, 0.1) is 0 Å². The third-order valence-corrected chi connectivity index (χ3v) is 4.97. The Morgan fingerprint density at radius 3 is 2.89 bits per heavy atom. The van der Waals surface area contributed by atoms with Crippen molar-refractivity contribution < 1.29 is 13.2 Å². The van der Waals surface area contributed by atoms with Gasteiger partial charge in [-0.15, -0.1) is 0 Å². The second-order valence-corrected chi connectivity index (χ2v) is 6.66. The number of sulfonamides is 1. The van der Waals surface area contributed by atoms with E-state index in [4.69, 9.17) is 16.3 Å². The third kappa shape index (κ3) is 2.93. The second-order valence-electron chi connectivity index (χ2n) is 4.16. The molecular weight excluding hydrogens is 276 g/mol. The molecule has 1 fully saturated rings. The minimum Gasteiger partial charge on any atom is -0.470 e. The molecule has 1 aliphatic heterocycles. The largest absolute Gasteiger partial charge is 0.470 e. The summed E-state index contributed by atoms with van der Waals surface area (Å²) in [4.78, 5) is 4.00. The van der Waals surface area contributed by atoms with E-state index in [1.165, 1.54) is 4.31 Å². The van der Waals surface area contributed by atoms with Gasteiger partial charge in [-0.2, -0.15) is 4.31 Å². The topological polar surface area (TPSA) is 59.5 Å². The predicted molar refractivity (Wildman–Crippen MR) is 69.3 cm³/mol. The van der Waals surface area contributed by atoms with Gasteiger partial charge in [-0.3, -0.25) is 0 Å². The predicted octanol–water partition coefficient (Wildman–Crippen LogP) is 1.54. The van der Waals surface area contributed by atoms with Crippen molar-refractivity contribution in [2.75, 3.05) is 18.8 Å². The molecule has 0 saturated carbocycles. The molecule has 18 heavy (non-hydrogen) atoms. The Morgan fingerprint density at radius 1 is 1.56 bits per heavy atom. The van der Waals surface area contributed by atoms with Crippen LogP contribution in [0.15, 0.2) is 18.3 Å². The van der Waals surface area contributed by atoms with Crippen LogP contribution in [0.25, 0.3) is 0 Å². The van der Waals surface area contributed by atoms with E-state index in [1.54, 1.807) is 18.3 Å². The fourth-order valence-corrected chi connectivity index (χ4v) is 3.43. The summed E-state index contributed by atoms with van der Waals surface area (Å²) in [5.74, 6) is 0.543. The molecule has 0 aromatic carbocycles. The van der Waals surface area contributed by atoms with Crippen molar-refractivity contribution in [3.05, 3.63) is 23.4 Å². The molecular formula is C11H15ClN2O3S. The fourth-order valence-electron chi connectivity index (χ4n) is 1.71. The van der Waals surface area contributed by atoms with Gasteiger partial charge in [0.25, 0.3) is 0 Å². The van der Waals surface area contributed by atoms with E-state index < -0.39 is 10.0 Å². The van der Waals surface area contributed by atoms with Gasteiger partial charge in [-0.25, -0.2) is 13.4 Å². The highest BCUT2D eigenvalue weighted by molar-refractivity contribution is 7.89. The number of nitrogens with zero attached hydrogens (tertiary/aromatic N) is 2. The molecule has 100 valence electrons. The summed E-state index contributed by atoms with van der Waals surface area (Å²) in [5, 5.41) is 0.437. The van der Waals surface area contributed by atoms with Gasteiger partial charge >= 0.3 is 0 Å². The van der Waals surface area contributed by atoms with Crippen LogP contribution in [0.1, 0.15) is 13.3 Å². The highest BCUT2D eigenvalue weighted by Crippen LogP contribution is 2.25. The molecule has 1 aromatic heterocycles. The molecule has 2 rings (SSSR count). The standard InChI is InChI=1S/C11H15ClN2O3S/c1-2-6-18(15,16)14-7-9(8-14)17-11-10(12)4-3-5-13-11/h3-5,9H,2,6-8H2,1H3. The minimum absolute atomic E-state index is 0.163. The maximum absolute atomic E-state index is 11.7. The lowest BCUT2D eigenvalue weighted by Crippen LogP contribution is -2.56. The van der Waals surface area contributed by atoms with E-state index in [0.29, 0.717) is 30.4 Å².